The Bertz CT molecular complexity index is 1120. The van der Waals surface area contributed by atoms with E-state index in [1.807, 2.05) is 41.5 Å². The Labute approximate surface area is 186 Å². The molecule has 0 fully saturated rings. The second-order valence-electron chi connectivity index (χ2n) is 8.17. The average molecular weight is 447 g/mol. The molecule has 0 N–H and O–H groups in total. The fourth-order valence-electron chi connectivity index (χ4n) is 3.62. The van der Waals surface area contributed by atoms with Crippen molar-refractivity contribution in [1.29, 1.82) is 0 Å². The first kappa shape index (κ1) is 24.9. The summed E-state index contributed by atoms with van der Waals surface area (Å²) in [4.78, 5) is 13.9. The molecule has 1 aromatic heterocycles. The summed E-state index contributed by atoms with van der Waals surface area (Å²) in [6.07, 6.45) is 2.87. The third-order valence-electron chi connectivity index (χ3n) is 5.38. The minimum atomic E-state index is -3.46. The molecule has 7 heteroatoms. The summed E-state index contributed by atoms with van der Waals surface area (Å²) < 4.78 is 32.6. The highest BCUT2D eigenvalue weighted by Gasteiger charge is 2.28. The number of carbonyl (C=O) groups is 1. The number of aromatic nitrogens is 2. The van der Waals surface area contributed by atoms with Gasteiger partial charge in [0.25, 0.3) is 0 Å². The van der Waals surface area contributed by atoms with Crippen LogP contribution in [-0.4, -0.2) is 36.8 Å². The zero-order valence-electron chi connectivity index (χ0n) is 19.9. The molecule has 0 aliphatic carbocycles. The number of rotatable bonds is 9. The molecular formula is C24H34N2O4S. The second-order valence-corrected chi connectivity index (χ2v) is 10.2. The van der Waals surface area contributed by atoms with Gasteiger partial charge in [-0.3, -0.25) is 4.79 Å². The molecule has 6 nitrogen and oxygen atoms in total. The molecule has 0 saturated carbocycles. The topological polar surface area (TPSA) is 78.3 Å². The van der Waals surface area contributed by atoms with Crippen molar-refractivity contribution in [2.45, 2.75) is 72.7 Å². The molecule has 0 amide bonds. The summed E-state index contributed by atoms with van der Waals surface area (Å²) in [6, 6.07) is 3.14. The van der Waals surface area contributed by atoms with Crippen LogP contribution in [0.25, 0.3) is 5.57 Å². The third kappa shape index (κ3) is 5.09. The highest BCUT2D eigenvalue weighted by atomic mass is 32.2. The number of hydrogen-bond donors (Lipinski definition) is 0. The molecule has 2 aromatic rings. The fraction of sp³-hybridized carbons (Fsp3) is 0.500. The van der Waals surface area contributed by atoms with Gasteiger partial charge in [0.1, 0.15) is 5.56 Å². The maximum absolute atomic E-state index is 13.7. The first-order chi connectivity index (χ1) is 14.4. The van der Waals surface area contributed by atoms with Gasteiger partial charge in [0, 0.05) is 18.4 Å². The molecule has 0 atom stereocenters. The van der Waals surface area contributed by atoms with Crippen LogP contribution in [-0.2, 0) is 16.4 Å². The van der Waals surface area contributed by atoms with Gasteiger partial charge in [-0.15, -0.1) is 0 Å². The van der Waals surface area contributed by atoms with Crippen LogP contribution in [0.4, 0.5) is 0 Å². The number of hydrogen-bond acceptors (Lipinski definition) is 5. The van der Waals surface area contributed by atoms with Gasteiger partial charge >= 0.3 is 0 Å². The first-order valence-electron chi connectivity index (χ1n) is 10.7. The number of aryl methyl sites for hydroxylation is 2. The standard InChI is InChI=1S/C24H34N2O4S/c1-9-13-26-24(30-14-10-2)22(18(7)25-26)23(27)19-11-12-20(31(8,28)29)21(17(19)6)16(5)15(3)4/h11-12H,9-10,13-14H2,1-8H3. The number of ether oxygens (including phenoxy) is 1. The van der Waals surface area contributed by atoms with E-state index in [0.29, 0.717) is 47.0 Å². The molecule has 1 aromatic carbocycles. The number of benzene rings is 1. The third-order valence-corrected chi connectivity index (χ3v) is 6.52. The maximum atomic E-state index is 13.7. The number of sulfone groups is 1. The number of carbonyl (C=O) groups excluding carboxylic acids is 1. The summed E-state index contributed by atoms with van der Waals surface area (Å²) in [5, 5.41) is 4.54. The first-order valence-corrected chi connectivity index (χ1v) is 12.6. The van der Waals surface area contributed by atoms with Gasteiger partial charge < -0.3 is 4.74 Å². The van der Waals surface area contributed by atoms with E-state index in [4.69, 9.17) is 4.74 Å². The Morgan fingerprint density at radius 2 is 1.71 bits per heavy atom. The van der Waals surface area contributed by atoms with Gasteiger partial charge in [-0.25, -0.2) is 13.1 Å². The van der Waals surface area contributed by atoms with Crippen molar-refractivity contribution in [3.63, 3.8) is 0 Å². The normalized spacial score (nSPS) is 11.5. The van der Waals surface area contributed by atoms with E-state index < -0.39 is 9.84 Å². The van der Waals surface area contributed by atoms with Crippen LogP contribution in [0.5, 0.6) is 5.88 Å². The molecule has 31 heavy (non-hydrogen) atoms. The lowest BCUT2D eigenvalue weighted by Crippen LogP contribution is -2.13. The maximum Gasteiger partial charge on any atom is 0.223 e. The predicted molar refractivity (Wildman–Crippen MR) is 125 cm³/mol. The van der Waals surface area contributed by atoms with Crippen molar-refractivity contribution in [2.75, 3.05) is 12.9 Å². The van der Waals surface area contributed by atoms with Crippen molar-refractivity contribution in [1.82, 2.24) is 9.78 Å². The van der Waals surface area contributed by atoms with Gasteiger partial charge in [0.05, 0.1) is 17.2 Å². The molecule has 2 rings (SSSR count). The van der Waals surface area contributed by atoms with E-state index in [2.05, 4.69) is 5.10 Å². The van der Waals surface area contributed by atoms with Crippen LogP contribution in [0.2, 0.25) is 0 Å². The van der Waals surface area contributed by atoms with Crippen molar-refractivity contribution in [3.8, 4) is 5.88 Å². The Hall–Kier alpha value is -2.41. The van der Waals surface area contributed by atoms with Crippen LogP contribution >= 0.6 is 0 Å². The molecule has 0 radical (unpaired) electrons. The lowest BCUT2D eigenvalue weighted by atomic mass is 9.91. The molecule has 170 valence electrons. The van der Waals surface area contributed by atoms with E-state index in [0.717, 1.165) is 24.0 Å². The Morgan fingerprint density at radius 1 is 1.06 bits per heavy atom. The van der Waals surface area contributed by atoms with E-state index in [1.54, 1.807) is 17.7 Å². The molecule has 0 aliphatic rings. The molecular weight excluding hydrogens is 412 g/mol. The summed E-state index contributed by atoms with van der Waals surface area (Å²) in [5.41, 5.74) is 4.61. The quantitative estimate of drug-likeness (QED) is 0.498. The van der Waals surface area contributed by atoms with E-state index in [-0.39, 0.29) is 10.7 Å². The monoisotopic (exact) mass is 446 g/mol. The minimum Gasteiger partial charge on any atom is -0.477 e. The summed E-state index contributed by atoms with van der Waals surface area (Å²) >= 11 is 0. The van der Waals surface area contributed by atoms with Gasteiger partial charge in [0.15, 0.2) is 9.84 Å². The predicted octanol–water partition coefficient (Wildman–Crippen LogP) is 5.15. The molecule has 0 saturated heterocycles. The van der Waals surface area contributed by atoms with E-state index in [9.17, 15) is 13.2 Å². The second kappa shape index (κ2) is 9.81. The number of allylic oxidation sites excluding steroid dienone is 2. The van der Waals surface area contributed by atoms with Crippen LogP contribution in [0.1, 0.15) is 80.2 Å². The van der Waals surface area contributed by atoms with E-state index in [1.165, 1.54) is 12.3 Å². The number of ketones is 1. The van der Waals surface area contributed by atoms with Gasteiger partial charge in [-0.1, -0.05) is 19.4 Å². The zero-order chi connectivity index (χ0) is 23.5. The van der Waals surface area contributed by atoms with Crippen molar-refractivity contribution in [2.24, 2.45) is 0 Å². The summed E-state index contributed by atoms with van der Waals surface area (Å²) in [7, 11) is -3.46. The minimum absolute atomic E-state index is 0.202. The highest BCUT2D eigenvalue weighted by molar-refractivity contribution is 7.90. The Kier molecular flexibility index (Phi) is 7.87. The summed E-state index contributed by atoms with van der Waals surface area (Å²) in [6.45, 7) is 14.6. The van der Waals surface area contributed by atoms with Crippen LogP contribution in [0.3, 0.4) is 0 Å². The van der Waals surface area contributed by atoms with Gasteiger partial charge in [-0.2, -0.15) is 5.10 Å². The van der Waals surface area contributed by atoms with E-state index >= 15 is 0 Å². The molecule has 1 heterocycles. The fourth-order valence-corrected chi connectivity index (χ4v) is 4.62. The molecule has 0 unspecified atom stereocenters. The number of nitrogens with zero attached hydrogens (tertiary/aromatic N) is 2. The molecule has 0 spiro atoms. The van der Waals surface area contributed by atoms with Crippen molar-refractivity contribution < 1.29 is 17.9 Å². The highest BCUT2D eigenvalue weighted by Crippen LogP contribution is 2.34. The Morgan fingerprint density at radius 3 is 2.23 bits per heavy atom. The lowest BCUT2D eigenvalue weighted by molar-refractivity contribution is 0.103. The lowest BCUT2D eigenvalue weighted by Gasteiger charge is -2.17. The van der Waals surface area contributed by atoms with Crippen LogP contribution in [0, 0.1) is 13.8 Å². The zero-order valence-corrected chi connectivity index (χ0v) is 20.7. The smallest absolute Gasteiger partial charge is 0.223 e. The SMILES string of the molecule is CCCOc1c(C(=O)c2ccc(S(C)(=O)=O)c(C(C)=C(C)C)c2C)c(C)nn1CCC. The van der Waals surface area contributed by atoms with Crippen LogP contribution in [0.15, 0.2) is 22.6 Å². The van der Waals surface area contributed by atoms with Crippen LogP contribution < -0.4 is 4.74 Å². The Balaban J connectivity index is 2.77. The van der Waals surface area contributed by atoms with Gasteiger partial charge in [-0.05, 0) is 76.3 Å². The van der Waals surface area contributed by atoms with Crippen molar-refractivity contribution in [3.05, 3.63) is 45.7 Å². The largest absolute Gasteiger partial charge is 0.477 e. The van der Waals surface area contributed by atoms with Gasteiger partial charge in [0.2, 0.25) is 11.7 Å². The average Bonchev–Trinajstić information content (AvgIpc) is 2.99. The molecule has 0 bridgehead atoms. The molecule has 0 aliphatic heterocycles. The van der Waals surface area contributed by atoms with Crippen molar-refractivity contribution >= 4 is 21.2 Å². The summed E-state index contributed by atoms with van der Waals surface area (Å²) in [5.74, 6) is 0.282.